The standard InChI is InChI=1S/C23H28ClN3O2/c1-3-22(28)25(2)21-10-6-19(7-11-21)23(29)27-16-14-26(15-17-27)13-12-18-4-8-20(24)9-5-18/h4-11H,3,12-17H2,1-2H3. The first-order valence-corrected chi connectivity index (χ1v) is 10.5. The van der Waals surface area contributed by atoms with Crippen LogP contribution in [0.15, 0.2) is 48.5 Å². The third-order valence-corrected chi connectivity index (χ3v) is 5.72. The van der Waals surface area contributed by atoms with Crippen molar-refractivity contribution in [1.29, 1.82) is 0 Å². The Labute approximate surface area is 177 Å². The zero-order valence-electron chi connectivity index (χ0n) is 17.1. The van der Waals surface area contributed by atoms with Crippen molar-refractivity contribution in [2.45, 2.75) is 19.8 Å². The second-order valence-electron chi connectivity index (χ2n) is 7.36. The molecule has 2 amide bonds. The molecule has 154 valence electrons. The van der Waals surface area contributed by atoms with Gasteiger partial charge in [0.2, 0.25) is 5.91 Å². The van der Waals surface area contributed by atoms with Crippen LogP contribution in [0.4, 0.5) is 5.69 Å². The molecule has 1 aliphatic heterocycles. The highest BCUT2D eigenvalue weighted by Crippen LogP contribution is 2.17. The number of amides is 2. The van der Waals surface area contributed by atoms with E-state index in [2.05, 4.69) is 17.0 Å². The monoisotopic (exact) mass is 413 g/mol. The molecule has 0 radical (unpaired) electrons. The third-order valence-electron chi connectivity index (χ3n) is 5.47. The van der Waals surface area contributed by atoms with Crippen LogP contribution in [0.1, 0.15) is 29.3 Å². The lowest BCUT2D eigenvalue weighted by Gasteiger charge is -2.34. The van der Waals surface area contributed by atoms with Crippen LogP contribution in [-0.2, 0) is 11.2 Å². The lowest BCUT2D eigenvalue weighted by Crippen LogP contribution is -2.49. The highest BCUT2D eigenvalue weighted by molar-refractivity contribution is 6.30. The molecule has 0 aromatic heterocycles. The highest BCUT2D eigenvalue weighted by atomic mass is 35.5. The quantitative estimate of drug-likeness (QED) is 0.725. The Morgan fingerprint density at radius 3 is 2.17 bits per heavy atom. The Hall–Kier alpha value is -2.37. The van der Waals surface area contributed by atoms with Crippen LogP contribution in [0.3, 0.4) is 0 Å². The summed E-state index contributed by atoms with van der Waals surface area (Å²) in [5.74, 6) is 0.108. The number of halogens is 1. The molecule has 5 nitrogen and oxygen atoms in total. The molecule has 6 heteroatoms. The van der Waals surface area contributed by atoms with Crippen LogP contribution in [-0.4, -0.2) is 61.4 Å². The van der Waals surface area contributed by atoms with Gasteiger partial charge in [-0.25, -0.2) is 0 Å². The van der Waals surface area contributed by atoms with Gasteiger partial charge in [0, 0.05) is 62.5 Å². The van der Waals surface area contributed by atoms with Gasteiger partial charge in [-0.1, -0.05) is 30.7 Å². The van der Waals surface area contributed by atoms with Crippen molar-refractivity contribution in [3.63, 3.8) is 0 Å². The Kier molecular flexibility index (Phi) is 7.29. The van der Waals surface area contributed by atoms with Crippen molar-refractivity contribution in [1.82, 2.24) is 9.80 Å². The molecule has 1 fully saturated rings. The van der Waals surface area contributed by atoms with Crippen molar-refractivity contribution >= 4 is 29.1 Å². The fourth-order valence-corrected chi connectivity index (χ4v) is 3.63. The average Bonchev–Trinajstić information content (AvgIpc) is 2.77. The fraction of sp³-hybridized carbons (Fsp3) is 0.391. The number of carbonyl (C=O) groups excluding carboxylic acids is 2. The molecule has 1 saturated heterocycles. The smallest absolute Gasteiger partial charge is 0.253 e. The first kappa shape index (κ1) is 21.3. The van der Waals surface area contributed by atoms with E-state index in [0.717, 1.165) is 49.9 Å². The number of hydrogen-bond donors (Lipinski definition) is 0. The van der Waals surface area contributed by atoms with Crippen molar-refractivity contribution in [2.75, 3.05) is 44.7 Å². The minimum atomic E-state index is 0.0540. The molecule has 0 atom stereocenters. The van der Waals surface area contributed by atoms with Gasteiger partial charge < -0.3 is 9.80 Å². The van der Waals surface area contributed by atoms with Crippen LogP contribution in [0, 0.1) is 0 Å². The van der Waals surface area contributed by atoms with E-state index >= 15 is 0 Å². The van der Waals surface area contributed by atoms with Crippen molar-refractivity contribution in [3.05, 3.63) is 64.7 Å². The molecule has 2 aromatic carbocycles. The van der Waals surface area contributed by atoms with Gasteiger partial charge in [0.25, 0.3) is 5.91 Å². The number of hydrogen-bond acceptors (Lipinski definition) is 3. The number of rotatable bonds is 6. The van der Waals surface area contributed by atoms with Gasteiger partial charge in [-0.15, -0.1) is 0 Å². The van der Waals surface area contributed by atoms with Gasteiger partial charge in [-0.3, -0.25) is 14.5 Å². The molecule has 1 heterocycles. The zero-order valence-corrected chi connectivity index (χ0v) is 17.9. The summed E-state index contributed by atoms with van der Waals surface area (Å²) in [5.41, 5.74) is 2.75. The maximum atomic E-state index is 12.8. The van der Waals surface area contributed by atoms with Crippen LogP contribution >= 0.6 is 11.6 Å². The summed E-state index contributed by atoms with van der Waals surface area (Å²) in [6.07, 6.45) is 1.44. The Balaban J connectivity index is 1.49. The van der Waals surface area contributed by atoms with E-state index in [1.807, 2.05) is 48.2 Å². The largest absolute Gasteiger partial charge is 0.336 e. The van der Waals surface area contributed by atoms with E-state index in [1.54, 1.807) is 11.9 Å². The van der Waals surface area contributed by atoms with E-state index in [4.69, 9.17) is 11.6 Å². The highest BCUT2D eigenvalue weighted by Gasteiger charge is 2.22. The minimum absolute atomic E-state index is 0.0540. The first-order chi connectivity index (χ1) is 14.0. The number of piperazine rings is 1. The first-order valence-electron chi connectivity index (χ1n) is 10.1. The van der Waals surface area contributed by atoms with Crippen LogP contribution in [0.5, 0.6) is 0 Å². The van der Waals surface area contributed by atoms with E-state index in [1.165, 1.54) is 5.56 Å². The summed E-state index contributed by atoms with van der Waals surface area (Å²) in [6.45, 7) is 6.04. The summed E-state index contributed by atoms with van der Waals surface area (Å²) in [7, 11) is 1.76. The Morgan fingerprint density at radius 1 is 0.966 bits per heavy atom. The van der Waals surface area contributed by atoms with Crippen LogP contribution in [0.2, 0.25) is 5.02 Å². The second-order valence-corrected chi connectivity index (χ2v) is 7.80. The van der Waals surface area contributed by atoms with Gasteiger partial charge in [0.1, 0.15) is 0 Å². The Morgan fingerprint density at radius 2 is 1.59 bits per heavy atom. The molecule has 0 saturated carbocycles. The lowest BCUT2D eigenvalue weighted by atomic mass is 10.1. The molecule has 0 bridgehead atoms. The minimum Gasteiger partial charge on any atom is -0.336 e. The summed E-state index contributed by atoms with van der Waals surface area (Å²) < 4.78 is 0. The van der Waals surface area contributed by atoms with Gasteiger partial charge in [-0.2, -0.15) is 0 Å². The van der Waals surface area contributed by atoms with Crippen molar-refractivity contribution in [2.24, 2.45) is 0 Å². The predicted molar refractivity (Wildman–Crippen MR) is 118 cm³/mol. The topological polar surface area (TPSA) is 43.9 Å². The maximum absolute atomic E-state index is 12.8. The molecule has 0 spiro atoms. The fourth-order valence-electron chi connectivity index (χ4n) is 3.50. The SMILES string of the molecule is CCC(=O)N(C)c1ccc(C(=O)N2CCN(CCc3ccc(Cl)cc3)CC2)cc1. The molecule has 0 aliphatic carbocycles. The molecule has 1 aliphatic rings. The van der Waals surface area contributed by atoms with Crippen LogP contribution in [0.25, 0.3) is 0 Å². The normalized spacial score (nSPS) is 14.7. The zero-order chi connectivity index (χ0) is 20.8. The molecule has 0 unspecified atom stereocenters. The summed E-state index contributed by atoms with van der Waals surface area (Å²) in [4.78, 5) is 30.5. The average molecular weight is 414 g/mol. The van der Waals surface area contributed by atoms with Gasteiger partial charge >= 0.3 is 0 Å². The molecular weight excluding hydrogens is 386 g/mol. The number of carbonyl (C=O) groups is 2. The van der Waals surface area contributed by atoms with E-state index in [0.29, 0.717) is 12.0 Å². The van der Waals surface area contributed by atoms with E-state index in [9.17, 15) is 9.59 Å². The Bertz CT molecular complexity index is 828. The molecule has 3 rings (SSSR count). The van der Waals surface area contributed by atoms with Crippen LogP contribution < -0.4 is 4.90 Å². The molecule has 29 heavy (non-hydrogen) atoms. The van der Waals surface area contributed by atoms with Crippen molar-refractivity contribution in [3.8, 4) is 0 Å². The second kappa shape index (κ2) is 9.90. The van der Waals surface area contributed by atoms with Crippen molar-refractivity contribution < 1.29 is 9.59 Å². The number of benzene rings is 2. The van der Waals surface area contributed by atoms with Gasteiger partial charge in [0.05, 0.1) is 0 Å². The van der Waals surface area contributed by atoms with E-state index < -0.39 is 0 Å². The molecule has 2 aromatic rings. The number of nitrogens with zero attached hydrogens (tertiary/aromatic N) is 3. The number of anilines is 1. The third kappa shape index (κ3) is 5.58. The summed E-state index contributed by atoms with van der Waals surface area (Å²) in [6, 6.07) is 15.3. The summed E-state index contributed by atoms with van der Waals surface area (Å²) >= 11 is 5.94. The van der Waals surface area contributed by atoms with E-state index in [-0.39, 0.29) is 11.8 Å². The predicted octanol–water partition coefficient (Wildman–Crippen LogP) is 3.71. The van der Waals surface area contributed by atoms with Gasteiger partial charge in [-0.05, 0) is 48.4 Å². The molecule has 0 N–H and O–H groups in total. The maximum Gasteiger partial charge on any atom is 0.253 e. The molecular formula is C23H28ClN3O2. The summed E-state index contributed by atoms with van der Waals surface area (Å²) in [5, 5.41) is 0.762. The van der Waals surface area contributed by atoms with Gasteiger partial charge in [0.15, 0.2) is 0 Å². The lowest BCUT2D eigenvalue weighted by molar-refractivity contribution is -0.118.